The number of amides is 1. The molecule has 32 heavy (non-hydrogen) atoms. The van der Waals surface area contributed by atoms with Crippen molar-refractivity contribution >= 4 is 12.2 Å². The first-order valence-corrected chi connectivity index (χ1v) is 13.7. The first-order chi connectivity index (χ1) is 15.2. The summed E-state index contributed by atoms with van der Waals surface area (Å²) in [6.07, 6.45) is 16.5. The predicted octanol–water partition coefficient (Wildman–Crippen LogP) is 5.89. The Balaban J connectivity index is 1.43. The molecule has 184 valence electrons. The molecule has 4 nitrogen and oxygen atoms in total. The van der Waals surface area contributed by atoms with E-state index in [4.69, 9.17) is 0 Å². The van der Waals surface area contributed by atoms with Gasteiger partial charge in [-0.1, -0.05) is 47.5 Å². The first kappa shape index (κ1) is 25.7. The van der Waals surface area contributed by atoms with Gasteiger partial charge in [-0.15, -0.1) is 0 Å². The Kier molecular flexibility index (Phi) is 8.85. The van der Waals surface area contributed by atoms with E-state index >= 15 is 0 Å². The van der Waals surface area contributed by atoms with Crippen LogP contribution in [0.5, 0.6) is 0 Å². The summed E-state index contributed by atoms with van der Waals surface area (Å²) >= 11 is 0. The van der Waals surface area contributed by atoms with Crippen molar-refractivity contribution in [1.82, 2.24) is 10.6 Å². The van der Waals surface area contributed by atoms with E-state index in [1.165, 1.54) is 57.8 Å². The summed E-state index contributed by atoms with van der Waals surface area (Å²) in [5.41, 5.74) is 1.05. The molecule has 0 radical (unpaired) electrons. The average Bonchev–Trinajstić information content (AvgIpc) is 2.75. The van der Waals surface area contributed by atoms with E-state index in [2.05, 4.69) is 31.4 Å². The summed E-state index contributed by atoms with van der Waals surface area (Å²) in [5, 5.41) is 6.10. The summed E-state index contributed by atoms with van der Waals surface area (Å²) in [6, 6.07) is -0.0670. The number of nitrogens with one attached hydrogen (secondary N) is 2. The monoisotopic (exact) mass is 446 g/mol. The van der Waals surface area contributed by atoms with Gasteiger partial charge < -0.3 is 15.4 Å². The largest absolute Gasteiger partial charge is 0.354 e. The fourth-order valence-electron chi connectivity index (χ4n) is 7.80. The Bertz CT molecular complexity index is 635. The normalized spacial score (nSPS) is 36.6. The lowest BCUT2D eigenvalue weighted by Gasteiger charge is -2.59. The Labute approximate surface area is 197 Å². The van der Waals surface area contributed by atoms with Crippen LogP contribution in [0.4, 0.5) is 0 Å². The molecular formula is C28H50N2O2. The Morgan fingerprint density at radius 3 is 2.56 bits per heavy atom. The lowest BCUT2D eigenvalue weighted by molar-refractivity contribution is -0.121. The van der Waals surface area contributed by atoms with E-state index in [0.717, 1.165) is 36.9 Å². The van der Waals surface area contributed by atoms with Gasteiger partial charge >= 0.3 is 0 Å². The molecule has 4 heteroatoms. The van der Waals surface area contributed by atoms with Crippen LogP contribution in [0.3, 0.4) is 0 Å². The quantitative estimate of drug-likeness (QED) is 0.412. The number of hydrogen-bond acceptors (Lipinski definition) is 3. The van der Waals surface area contributed by atoms with Crippen molar-refractivity contribution < 1.29 is 9.59 Å². The number of fused-ring (bicyclic) bond motifs is 3. The lowest BCUT2D eigenvalue weighted by Crippen LogP contribution is -2.49. The summed E-state index contributed by atoms with van der Waals surface area (Å²) < 4.78 is 0. The highest BCUT2D eigenvalue weighted by molar-refractivity contribution is 5.76. The van der Waals surface area contributed by atoms with E-state index in [9.17, 15) is 9.59 Å². The second kappa shape index (κ2) is 11.0. The number of rotatable bonds is 10. The molecule has 7 unspecified atom stereocenters. The maximum absolute atomic E-state index is 12.3. The van der Waals surface area contributed by atoms with Crippen molar-refractivity contribution in [2.45, 2.75) is 124 Å². The number of aldehydes is 1. The van der Waals surface area contributed by atoms with Gasteiger partial charge in [0.15, 0.2) is 0 Å². The highest BCUT2D eigenvalue weighted by Gasteiger charge is 2.52. The summed E-state index contributed by atoms with van der Waals surface area (Å²) in [5.74, 6) is 3.61. The lowest BCUT2D eigenvalue weighted by atomic mass is 9.46. The van der Waals surface area contributed by atoms with Gasteiger partial charge in [-0.05, 0) is 92.3 Å². The predicted molar refractivity (Wildman–Crippen MR) is 132 cm³/mol. The molecule has 0 saturated heterocycles. The molecule has 0 spiro atoms. The van der Waals surface area contributed by atoms with Gasteiger partial charge in [0.2, 0.25) is 5.91 Å². The minimum Gasteiger partial charge on any atom is -0.354 e. The van der Waals surface area contributed by atoms with Crippen LogP contribution in [0.1, 0.15) is 112 Å². The molecule has 3 fully saturated rings. The molecule has 1 amide bonds. The highest BCUT2D eigenvalue weighted by Crippen LogP contribution is 2.62. The van der Waals surface area contributed by atoms with Gasteiger partial charge in [0.1, 0.15) is 6.29 Å². The van der Waals surface area contributed by atoms with Crippen molar-refractivity contribution in [2.24, 2.45) is 34.5 Å². The first-order valence-electron chi connectivity index (χ1n) is 13.7. The Hall–Kier alpha value is -0.900. The van der Waals surface area contributed by atoms with Crippen LogP contribution in [-0.4, -0.2) is 30.8 Å². The Morgan fingerprint density at radius 1 is 1.06 bits per heavy atom. The summed E-state index contributed by atoms with van der Waals surface area (Å²) in [7, 11) is 0. The van der Waals surface area contributed by atoms with Crippen LogP contribution in [-0.2, 0) is 9.59 Å². The van der Waals surface area contributed by atoms with Gasteiger partial charge in [0.25, 0.3) is 0 Å². The molecule has 0 aliphatic heterocycles. The smallest absolute Gasteiger partial charge is 0.220 e. The van der Waals surface area contributed by atoms with Gasteiger partial charge in [-0.25, -0.2) is 0 Å². The maximum Gasteiger partial charge on any atom is 0.220 e. The minimum absolute atomic E-state index is 0.0759. The van der Waals surface area contributed by atoms with Gasteiger partial charge in [0, 0.05) is 19.0 Å². The zero-order chi connectivity index (χ0) is 23.4. The second-order valence-electron chi connectivity index (χ2n) is 12.5. The number of carbonyl (C=O) groups excluding carboxylic acids is 2. The Morgan fingerprint density at radius 2 is 1.84 bits per heavy atom. The van der Waals surface area contributed by atoms with Crippen LogP contribution in [0, 0.1) is 34.5 Å². The van der Waals surface area contributed by atoms with E-state index in [0.29, 0.717) is 29.7 Å². The van der Waals surface area contributed by atoms with Crippen LogP contribution < -0.4 is 10.6 Å². The summed E-state index contributed by atoms with van der Waals surface area (Å²) in [4.78, 5) is 23.4. The molecule has 0 aromatic heterocycles. The molecule has 3 saturated carbocycles. The van der Waals surface area contributed by atoms with Crippen LogP contribution in [0.2, 0.25) is 0 Å². The van der Waals surface area contributed by atoms with E-state index in [1.54, 1.807) is 0 Å². The molecule has 0 bridgehead atoms. The minimum atomic E-state index is -0.298. The molecule has 3 rings (SSSR count). The van der Waals surface area contributed by atoms with E-state index in [1.807, 2.05) is 13.8 Å². The molecule has 0 aromatic rings. The zero-order valence-corrected chi connectivity index (χ0v) is 21.6. The van der Waals surface area contributed by atoms with Crippen molar-refractivity contribution in [1.29, 1.82) is 0 Å². The number of hydrogen-bond donors (Lipinski definition) is 2. The molecule has 3 aliphatic carbocycles. The molecule has 3 aliphatic rings. The fraction of sp³-hybridized carbons (Fsp3) is 0.929. The van der Waals surface area contributed by atoms with Crippen molar-refractivity contribution in [3.05, 3.63) is 0 Å². The standard InChI is InChI=1S/C28H50N2O2/c1-20(2)30-24(19-31)18-29-26(32)11-8-9-21(3)27(4)16-14-25-22(17-27)12-13-23-10-6-7-15-28(23,25)5/h19-25,30H,6-18H2,1-5H3,(H,29,32). The highest BCUT2D eigenvalue weighted by atomic mass is 16.1. The molecular weight excluding hydrogens is 396 g/mol. The van der Waals surface area contributed by atoms with Crippen molar-refractivity contribution in [3.63, 3.8) is 0 Å². The third-order valence-electron chi connectivity index (χ3n) is 9.97. The zero-order valence-electron chi connectivity index (χ0n) is 21.6. The summed E-state index contributed by atoms with van der Waals surface area (Å²) in [6.45, 7) is 12.0. The maximum atomic E-state index is 12.3. The van der Waals surface area contributed by atoms with Crippen LogP contribution in [0.25, 0.3) is 0 Å². The average molecular weight is 447 g/mol. The third-order valence-corrected chi connectivity index (χ3v) is 9.97. The van der Waals surface area contributed by atoms with Crippen molar-refractivity contribution in [2.75, 3.05) is 6.54 Å². The van der Waals surface area contributed by atoms with Gasteiger partial charge in [-0.2, -0.15) is 0 Å². The van der Waals surface area contributed by atoms with E-state index in [-0.39, 0.29) is 18.0 Å². The van der Waals surface area contributed by atoms with E-state index < -0.39 is 0 Å². The van der Waals surface area contributed by atoms with Gasteiger partial charge in [-0.3, -0.25) is 4.79 Å². The molecule has 7 atom stereocenters. The SMILES string of the molecule is CC(C)NC(C=O)CNC(=O)CCCC(C)C1(C)CCC2C(CCC3CCCCC32C)C1. The molecule has 0 heterocycles. The van der Waals surface area contributed by atoms with Crippen LogP contribution >= 0.6 is 0 Å². The van der Waals surface area contributed by atoms with Gasteiger partial charge in [0.05, 0.1) is 6.04 Å². The number of carbonyl (C=O) groups is 2. The van der Waals surface area contributed by atoms with Crippen LogP contribution in [0.15, 0.2) is 0 Å². The fourth-order valence-corrected chi connectivity index (χ4v) is 7.80. The topological polar surface area (TPSA) is 58.2 Å². The molecule has 0 aromatic carbocycles. The van der Waals surface area contributed by atoms with Crippen molar-refractivity contribution in [3.8, 4) is 0 Å². The molecule has 2 N–H and O–H groups in total. The second-order valence-corrected chi connectivity index (χ2v) is 12.5. The third kappa shape index (κ3) is 5.96.